The van der Waals surface area contributed by atoms with Crippen molar-refractivity contribution < 1.29 is 5.11 Å². The number of hydrogen-bond acceptors (Lipinski definition) is 2. The number of nitrogen functional groups attached to an aromatic ring is 1. The van der Waals surface area contributed by atoms with E-state index in [4.69, 9.17) is 10.8 Å². The molecule has 0 heterocycles. The predicted octanol–water partition coefficient (Wildman–Crippen LogP) is 1.29. The van der Waals surface area contributed by atoms with Gasteiger partial charge in [0.1, 0.15) is 0 Å². The Morgan fingerprint density at radius 3 is 3.08 bits per heavy atom. The standard InChI is InChI=1S/C10H13NO/c11-9-3-4-10-7(5-9)1-2-8(10)6-12/h3-5,8,12H,1-2,6,11H2. The Morgan fingerprint density at radius 2 is 2.33 bits per heavy atom. The topological polar surface area (TPSA) is 46.2 Å². The molecule has 2 nitrogen and oxygen atoms in total. The number of anilines is 1. The van der Waals surface area contributed by atoms with Crippen LogP contribution in [0.15, 0.2) is 18.2 Å². The number of aryl methyl sites for hydroxylation is 1. The molecular formula is C10H13NO. The Labute approximate surface area is 72.0 Å². The van der Waals surface area contributed by atoms with E-state index >= 15 is 0 Å². The van der Waals surface area contributed by atoms with Crippen molar-refractivity contribution in [3.8, 4) is 0 Å². The Bertz CT molecular complexity index is 296. The fraction of sp³-hybridized carbons (Fsp3) is 0.400. The lowest BCUT2D eigenvalue weighted by Crippen LogP contribution is -1.98. The fourth-order valence-corrected chi connectivity index (χ4v) is 1.92. The molecule has 0 fully saturated rings. The monoisotopic (exact) mass is 163 g/mol. The van der Waals surface area contributed by atoms with E-state index < -0.39 is 0 Å². The lowest BCUT2D eigenvalue weighted by atomic mass is 10.0. The molecule has 1 unspecified atom stereocenters. The van der Waals surface area contributed by atoms with Crippen LogP contribution in [0.3, 0.4) is 0 Å². The van der Waals surface area contributed by atoms with Gasteiger partial charge in [0, 0.05) is 18.2 Å². The van der Waals surface area contributed by atoms with Gasteiger partial charge in [-0.05, 0) is 36.1 Å². The normalized spacial score (nSPS) is 20.9. The summed E-state index contributed by atoms with van der Waals surface area (Å²) >= 11 is 0. The summed E-state index contributed by atoms with van der Waals surface area (Å²) in [6.07, 6.45) is 2.13. The Hall–Kier alpha value is -1.02. The van der Waals surface area contributed by atoms with Crippen molar-refractivity contribution in [3.05, 3.63) is 29.3 Å². The van der Waals surface area contributed by atoms with Crippen molar-refractivity contribution in [1.29, 1.82) is 0 Å². The molecule has 1 aromatic rings. The van der Waals surface area contributed by atoms with Crippen LogP contribution in [-0.4, -0.2) is 11.7 Å². The molecule has 0 spiro atoms. The highest BCUT2D eigenvalue weighted by atomic mass is 16.3. The van der Waals surface area contributed by atoms with E-state index in [1.54, 1.807) is 0 Å². The molecule has 2 rings (SSSR count). The molecule has 0 bridgehead atoms. The number of rotatable bonds is 1. The molecule has 0 aromatic heterocycles. The van der Waals surface area contributed by atoms with Crippen molar-refractivity contribution in [1.82, 2.24) is 0 Å². The molecule has 0 radical (unpaired) electrons. The van der Waals surface area contributed by atoms with Gasteiger partial charge in [0.2, 0.25) is 0 Å². The van der Waals surface area contributed by atoms with Crippen LogP contribution in [0, 0.1) is 0 Å². The minimum atomic E-state index is 0.261. The minimum Gasteiger partial charge on any atom is -0.399 e. The summed E-state index contributed by atoms with van der Waals surface area (Å²) in [6, 6.07) is 5.97. The second-order valence-corrected chi connectivity index (χ2v) is 3.38. The van der Waals surface area contributed by atoms with Gasteiger partial charge in [-0.15, -0.1) is 0 Å². The van der Waals surface area contributed by atoms with Gasteiger partial charge in [-0.3, -0.25) is 0 Å². The highest BCUT2D eigenvalue weighted by Gasteiger charge is 2.21. The second-order valence-electron chi connectivity index (χ2n) is 3.38. The summed E-state index contributed by atoms with van der Waals surface area (Å²) < 4.78 is 0. The van der Waals surface area contributed by atoms with Crippen molar-refractivity contribution in [3.63, 3.8) is 0 Å². The van der Waals surface area contributed by atoms with Crippen molar-refractivity contribution in [2.45, 2.75) is 18.8 Å². The van der Waals surface area contributed by atoms with E-state index in [2.05, 4.69) is 0 Å². The zero-order valence-corrected chi connectivity index (χ0v) is 6.96. The molecule has 12 heavy (non-hydrogen) atoms. The van der Waals surface area contributed by atoms with E-state index in [9.17, 15) is 0 Å². The van der Waals surface area contributed by atoms with Gasteiger partial charge in [-0.1, -0.05) is 6.07 Å². The number of hydrogen-bond donors (Lipinski definition) is 2. The number of fused-ring (bicyclic) bond motifs is 1. The first-order valence-electron chi connectivity index (χ1n) is 4.30. The quantitative estimate of drug-likeness (QED) is 0.613. The molecule has 1 aliphatic carbocycles. The van der Waals surface area contributed by atoms with Crippen LogP contribution in [0.1, 0.15) is 23.5 Å². The van der Waals surface area contributed by atoms with Crippen LogP contribution in [0.4, 0.5) is 5.69 Å². The number of benzene rings is 1. The maximum atomic E-state index is 9.05. The van der Waals surface area contributed by atoms with E-state index in [1.165, 1.54) is 11.1 Å². The van der Waals surface area contributed by atoms with E-state index in [0.717, 1.165) is 18.5 Å². The molecule has 1 aliphatic rings. The van der Waals surface area contributed by atoms with Crippen LogP contribution >= 0.6 is 0 Å². The van der Waals surface area contributed by atoms with Crippen LogP contribution in [0.2, 0.25) is 0 Å². The first-order chi connectivity index (χ1) is 5.81. The second kappa shape index (κ2) is 2.79. The zero-order chi connectivity index (χ0) is 8.55. The number of aliphatic hydroxyl groups excluding tert-OH is 1. The smallest absolute Gasteiger partial charge is 0.0499 e. The average Bonchev–Trinajstić information content (AvgIpc) is 2.46. The molecule has 0 saturated carbocycles. The van der Waals surface area contributed by atoms with E-state index in [-0.39, 0.29) is 6.61 Å². The average molecular weight is 163 g/mol. The number of aliphatic hydroxyl groups is 1. The summed E-state index contributed by atoms with van der Waals surface area (Å²) in [6.45, 7) is 0.261. The van der Waals surface area contributed by atoms with Crippen molar-refractivity contribution in [2.75, 3.05) is 12.3 Å². The van der Waals surface area contributed by atoms with Crippen LogP contribution in [0.5, 0.6) is 0 Å². The molecule has 0 amide bonds. The van der Waals surface area contributed by atoms with Gasteiger partial charge in [0.25, 0.3) is 0 Å². The molecule has 3 N–H and O–H groups in total. The molecule has 1 atom stereocenters. The Morgan fingerprint density at radius 1 is 1.50 bits per heavy atom. The maximum Gasteiger partial charge on any atom is 0.0499 e. The summed E-state index contributed by atoms with van der Waals surface area (Å²) in [5.74, 6) is 0.348. The molecule has 1 aromatic carbocycles. The first kappa shape index (κ1) is 7.62. The maximum absolute atomic E-state index is 9.05. The van der Waals surface area contributed by atoms with Crippen molar-refractivity contribution in [2.24, 2.45) is 0 Å². The van der Waals surface area contributed by atoms with Gasteiger partial charge in [0.05, 0.1) is 0 Å². The summed E-state index contributed by atoms with van der Waals surface area (Å²) in [7, 11) is 0. The minimum absolute atomic E-state index is 0.261. The van der Waals surface area contributed by atoms with Crippen LogP contribution in [-0.2, 0) is 6.42 Å². The van der Waals surface area contributed by atoms with Gasteiger partial charge in [-0.25, -0.2) is 0 Å². The molecule has 2 heteroatoms. The third kappa shape index (κ3) is 1.08. The van der Waals surface area contributed by atoms with Gasteiger partial charge >= 0.3 is 0 Å². The summed E-state index contributed by atoms with van der Waals surface area (Å²) in [5, 5.41) is 9.05. The van der Waals surface area contributed by atoms with Crippen LogP contribution in [0.25, 0.3) is 0 Å². The molecular weight excluding hydrogens is 150 g/mol. The van der Waals surface area contributed by atoms with Crippen LogP contribution < -0.4 is 5.73 Å². The predicted molar refractivity (Wildman–Crippen MR) is 49.0 cm³/mol. The van der Waals surface area contributed by atoms with Gasteiger partial charge < -0.3 is 10.8 Å². The van der Waals surface area contributed by atoms with E-state index in [0.29, 0.717) is 5.92 Å². The summed E-state index contributed by atoms with van der Waals surface area (Å²) in [5.41, 5.74) is 9.08. The molecule has 64 valence electrons. The number of nitrogens with two attached hydrogens (primary N) is 1. The molecule has 0 aliphatic heterocycles. The lowest BCUT2D eigenvalue weighted by Gasteiger charge is -2.06. The first-order valence-corrected chi connectivity index (χ1v) is 4.30. The lowest BCUT2D eigenvalue weighted by molar-refractivity contribution is 0.265. The van der Waals surface area contributed by atoms with Gasteiger partial charge in [-0.2, -0.15) is 0 Å². The molecule has 0 saturated heterocycles. The highest BCUT2D eigenvalue weighted by molar-refractivity contribution is 5.47. The van der Waals surface area contributed by atoms with Crippen molar-refractivity contribution >= 4 is 5.69 Å². The zero-order valence-electron chi connectivity index (χ0n) is 6.96. The third-order valence-corrected chi connectivity index (χ3v) is 2.59. The summed E-state index contributed by atoms with van der Waals surface area (Å²) in [4.78, 5) is 0. The fourth-order valence-electron chi connectivity index (χ4n) is 1.92. The highest BCUT2D eigenvalue weighted by Crippen LogP contribution is 2.33. The van der Waals surface area contributed by atoms with E-state index in [1.807, 2.05) is 18.2 Å². The Kier molecular flexibility index (Phi) is 1.77. The Balaban J connectivity index is 2.40. The largest absolute Gasteiger partial charge is 0.399 e. The third-order valence-electron chi connectivity index (χ3n) is 2.59. The SMILES string of the molecule is Nc1ccc2c(c1)CCC2CO. The van der Waals surface area contributed by atoms with Gasteiger partial charge in [0.15, 0.2) is 0 Å².